The monoisotopic (exact) mass is 380 g/mol. The predicted octanol–water partition coefficient (Wildman–Crippen LogP) is 2.88. The second-order valence-electron chi connectivity index (χ2n) is 7.18. The second kappa shape index (κ2) is 8.33. The summed E-state index contributed by atoms with van der Waals surface area (Å²) in [6.45, 7) is 2.32. The van der Waals surface area contributed by atoms with E-state index < -0.39 is 0 Å². The smallest absolute Gasteiger partial charge is 0.229 e. The largest absolute Gasteiger partial charge is 0.490 e. The first-order valence-corrected chi connectivity index (χ1v) is 9.71. The van der Waals surface area contributed by atoms with Crippen molar-refractivity contribution in [2.24, 2.45) is 5.92 Å². The van der Waals surface area contributed by atoms with Crippen LogP contribution in [0.3, 0.4) is 0 Å². The third kappa shape index (κ3) is 4.27. The van der Waals surface area contributed by atoms with Crippen LogP contribution in [0.2, 0.25) is 0 Å². The SMILES string of the molecule is O=C(Nc1ccc2c(c1)OCCCO2)C1CC(=O)N(CCc2ccccc2)C1. The number of carbonyl (C=O) groups is 2. The molecule has 0 saturated carbocycles. The van der Waals surface area contributed by atoms with Gasteiger partial charge in [-0.15, -0.1) is 0 Å². The Hall–Kier alpha value is -3.02. The molecule has 6 heteroatoms. The molecule has 1 fully saturated rings. The van der Waals surface area contributed by atoms with E-state index >= 15 is 0 Å². The van der Waals surface area contributed by atoms with Gasteiger partial charge in [-0.3, -0.25) is 9.59 Å². The Bertz CT molecular complexity index is 853. The predicted molar refractivity (Wildman–Crippen MR) is 106 cm³/mol. The van der Waals surface area contributed by atoms with Gasteiger partial charge in [0.2, 0.25) is 11.8 Å². The van der Waals surface area contributed by atoms with E-state index in [4.69, 9.17) is 9.47 Å². The zero-order valence-electron chi connectivity index (χ0n) is 15.7. The normalized spacial score (nSPS) is 18.6. The number of carbonyl (C=O) groups excluding carboxylic acids is 2. The summed E-state index contributed by atoms with van der Waals surface area (Å²) in [5.74, 6) is 0.903. The van der Waals surface area contributed by atoms with E-state index in [-0.39, 0.29) is 24.2 Å². The van der Waals surface area contributed by atoms with Gasteiger partial charge in [0.1, 0.15) is 0 Å². The van der Waals surface area contributed by atoms with Gasteiger partial charge >= 0.3 is 0 Å². The molecule has 2 heterocycles. The van der Waals surface area contributed by atoms with Crippen molar-refractivity contribution in [2.45, 2.75) is 19.3 Å². The zero-order chi connectivity index (χ0) is 19.3. The van der Waals surface area contributed by atoms with Gasteiger partial charge in [-0.1, -0.05) is 30.3 Å². The number of hydrogen-bond acceptors (Lipinski definition) is 4. The zero-order valence-corrected chi connectivity index (χ0v) is 15.7. The molecular weight excluding hydrogens is 356 g/mol. The maximum absolute atomic E-state index is 12.7. The van der Waals surface area contributed by atoms with E-state index in [9.17, 15) is 9.59 Å². The molecule has 0 radical (unpaired) electrons. The molecule has 4 rings (SSSR count). The van der Waals surface area contributed by atoms with Crippen LogP contribution in [0.4, 0.5) is 5.69 Å². The standard InChI is InChI=1S/C22H24N2O4/c25-21-13-17(15-24(21)10-9-16-5-2-1-3-6-16)22(26)23-18-7-8-19-20(14-18)28-12-4-11-27-19/h1-3,5-8,14,17H,4,9-13,15H2,(H,23,26). The third-order valence-corrected chi connectivity index (χ3v) is 5.11. The minimum absolute atomic E-state index is 0.0368. The number of rotatable bonds is 5. The molecule has 6 nitrogen and oxygen atoms in total. The highest BCUT2D eigenvalue weighted by Crippen LogP contribution is 2.32. The number of hydrogen-bond donors (Lipinski definition) is 1. The van der Waals surface area contributed by atoms with Gasteiger partial charge in [0.05, 0.1) is 19.1 Å². The number of nitrogens with zero attached hydrogens (tertiary/aromatic N) is 1. The summed E-state index contributed by atoms with van der Waals surface area (Å²) >= 11 is 0. The van der Waals surface area contributed by atoms with Gasteiger partial charge in [-0.05, 0) is 24.1 Å². The first kappa shape index (κ1) is 18.3. The van der Waals surface area contributed by atoms with Crippen LogP contribution in [-0.2, 0) is 16.0 Å². The van der Waals surface area contributed by atoms with E-state index in [2.05, 4.69) is 17.4 Å². The highest BCUT2D eigenvalue weighted by atomic mass is 16.5. The van der Waals surface area contributed by atoms with Gasteiger partial charge < -0.3 is 19.7 Å². The summed E-state index contributed by atoms with van der Waals surface area (Å²) < 4.78 is 11.3. The first-order valence-electron chi connectivity index (χ1n) is 9.71. The summed E-state index contributed by atoms with van der Waals surface area (Å²) in [5.41, 5.74) is 1.85. The van der Waals surface area contributed by atoms with Crippen molar-refractivity contribution in [2.75, 3.05) is 31.6 Å². The molecular formula is C22H24N2O4. The molecule has 1 unspecified atom stereocenters. The average molecular weight is 380 g/mol. The number of likely N-dealkylation sites (tertiary alicyclic amines) is 1. The summed E-state index contributed by atoms with van der Waals surface area (Å²) in [5, 5.41) is 2.92. The highest BCUT2D eigenvalue weighted by Gasteiger charge is 2.34. The van der Waals surface area contributed by atoms with E-state index in [1.165, 1.54) is 5.56 Å². The minimum Gasteiger partial charge on any atom is -0.490 e. The van der Waals surface area contributed by atoms with Gasteiger partial charge in [0, 0.05) is 37.7 Å². The Balaban J connectivity index is 1.34. The number of anilines is 1. The van der Waals surface area contributed by atoms with Crippen molar-refractivity contribution >= 4 is 17.5 Å². The van der Waals surface area contributed by atoms with E-state index in [1.807, 2.05) is 24.3 Å². The Morgan fingerprint density at radius 3 is 2.68 bits per heavy atom. The quantitative estimate of drug-likeness (QED) is 0.866. The summed E-state index contributed by atoms with van der Waals surface area (Å²) in [7, 11) is 0. The summed E-state index contributed by atoms with van der Waals surface area (Å²) in [6, 6.07) is 15.5. The average Bonchev–Trinajstić information content (AvgIpc) is 2.93. The molecule has 0 bridgehead atoms. The van der Waals surface area contributed by atoms with Crippen molar-refractivity contribution in [3.8, 4) is 11.5 Å². The number of nitrogens with one attached hydrogen (secondary N) is 1. The van der Waals surface area contributed by atoms with Gasteiger partial charge in [-0.25, -0.2) is 0 Å². The van der Waals surface area contributed by atoms with Crippen molar-refractivity contribution in [1.82, 2.24) is 4.90 Å². The number of ether oxygens (including phenoxy) is 2. The van der Waals surface area contributed by atoms with Gasteiger partial charge in [0.15, 0.2) is 11.5 Å². The maximum atomic E-state index is 12.7. The Labute approximate surface area is 164 Å². The lowest BCUT2D eigenvalue weighted by molar-refractivity contribution is -0.128. The van der Waals surface area contributed by atoms with Crippen molar-refractivity contribution in [3.63, 3.8) is 0 Å². The lowest BCUT2D eigenvalue weighted by atomic mass is 10.1. The van der Waals surface area contributed by atoms with Crippen LogP contribution >= 0.6 is 0 Å². The molecule has 28 heavy (non-hydrogen) atoms. The lowest BCUT2D eigenvalue weighted by Crippen LogP contribution is -2.30. The molecule has 0 aliphatic carbocycles. The van der Waals surface area contributed by atoms with Gasteiger partial charge in [0.25, 0.3) is 0 Å². The molecule has 0 spiro atoms. The molecule has 2 aliphatic rings. The molecule has 2 amide bonds. The summed E-state index contributed by atoms with van der Waals surface area (Å²) in [4.78, 5) is 26.7. The van der Waals surface area contributed by atoms with Crippen LogP contribution in [-0.4, -0.2) is 43.0 Å². The van der Waals surface area contributed by atoms with Crippen molar-refractivity contribution < 1.29 is 19.1 Å². The fraction of sp³-hybridized carbons (Fsp3) is 0.364. The van der Waals surface area contributed by atoms with Crippen LogP contribution < -0.4 is 14.8 Å². The van der Waals surface area contributed by atoms with Crippen LogP contribution in [0, 0.1) is 5.92 Å². The Morgan fingerprint density at radius 1 is 1.07 bits per heavy atom. The summed E-state index contributed by atoms with van der Waals surface area (Å²) in [6.07, 6.45) is 1.88. The van der Waals surface area contributed by atoms with Crippen molar-refractivity contribution in [3.05, 3.63) is 54.1 Å². The third-order valence-electron chi connectivity index (χ3n) is 5.11. The number of amides is 2. The van der Waals surface area contributed by atoms with E-state index in [0.717, 1.165) is 12.8 Å². The molecule has 0 aromatic heterocycles. The second-order valence-corrected chi connectivity index (χ2v) is 7.18. The minimum atomic E-state index is -0.334. The fourth-order valence-electron chi connectivity index (χ4n) is 3.56. The molecule has 1 saturated heterocycles. The van der Waals surface area contributed by atoms with Crippen LogP contribution in [0.25, 0.3) is 0 Å². The van der Waals surface area contributed by atoms with Crippen LogP contribution in [0.15, 0.2) is 48.5 Å². The van der Waals surface area contributed by atoms with Gasteiger partial charge in [-0.2, -0.15) is 0 Å². The molecule has 146 valence electrons. The molecule has 2 aromatic rings. The lowest BCUT2D eigenvalue weighted by Gasteiger charge is -2.17. The van der Waals surface area contributed by atoms with E-state index in [0.29, 0.717) is 43.5 Å². The Kier molecular flexibility index (Phi) is 5.46. The highest BCUT2D eigenvalue weighted by molar-refractivity contribution is 5.97. The fourth-order valence-corrected chi connectivity index (χ4v) is 3.56. The van der Waals surface area contributed by atoms with E-state index in [1.54, 1.807) is 17.0 Å². The van der Waals surface area contributed by atoms with Crippen LogP contribution in [0.5, 0.6) is 11.5 Å². The van der Waals surface area contributed by atoms with Crippen LogP contribution in [0.1, 0.15) is 18.4 Å². The first-order chi connectivity index (χ1) is 13.7. The topological polar surface area (TPSA) is 67.9 Å². The number of fused-ring (bicyclic) bond motifs is 1. The van der Waals surface area contributed by atoms with Crippen molar-refractivity contribution in [1.29, 1.82) is 0 Å². The maximum Gasteiger partial charge on any atom is 0.229 e. The molecule has 1 N–H and O–H groups in total. The molecule has 1 atom stereocenters. The number of benzene rings is 2. The molecule has 2 aliphatic heterocycles. The Morgan fingerprint density at radius 2 is 1.86 bits per heavy atom. The molecule has 2 aromatic carbocycles.